The van der Waals surface area contributed by atoms with Gasteiger partial charge in [-0.15, -0.1) is 11.3 Å². The lowest BCUT2D eigenvalue weighted by atomic mass is 10.2. The average molecular weight is 281 g/mol. The Kier molecular flexibility index (Phi) is 3.63. The molecule has 0 spiro atoms. The fourth-order valence-electron chi connectivity index (χ4n) is 1.80. The lowest BCUT2D eigenvalue weighted by Gasteiger charge is -2.07. The highest BCUT2D eigenvalue weighted by molar-refractivity contribution is 7.80. The monoisotopic (exact) mass is 281 g/mol. The van der Waals surface area contributed by atoms with Gasteiger partial charge in [0.05, 0.1) is 17.8 Å². The molecule has 5 nitrogen and oxygen atoms in total. The van der Waals surface area contributed by atoms with E-state index in [9.17, 15) is 0 Å². The molecule has 7 heteroatoms. The van der Waals surface area contributed by atoms with Gasteiger partial charge in [-0.1, -0.05) is 12.2 Å². The first-order valence-corrected chi connectivity index (χ1v) is 6.76. The van der Waals surface area contributed by atoms with Crippen molar-refractivity contribution in [1.82, 2.24) is 14.8 Å². The Balaban J connectivity index is 2.21. The number of nitrogens with one attached hydrogen (secondary N) is 1. The molecule has 18 heavy (non-hydrogen) atoms. The number of hydrogen-bond donors (Lipinski definition) is 2. The van der Waals surface area contributed by atoms with Crippen LogP contribution < -0.4 is 11.1 Å². The van der Waals surface area contributed by atoms with Crippen molar-refractivity contribution >= 4 is 34.4 Å². The molecule has 2 aromatic rings. The second-order valence-electron chi connectivity index (χ2n) is 4.03. The molecule has 0 bridgehead atoms. The van der Waals surface area contributed by atoms with E-state index >= 15 is 0 Å². The Bertz CT molecular complexity index is 584. The van der Waals surface area contributed by atoms with E-state index in [1.54, 1.807) is 16.0 Å². The van der Waals surface area contributed by atoms with Gasteiger partial charge in [-0.3, -0.25) is 4.68 Å². The molecule has 3 N–H and O–H groups in total. The van der Waals surface area contributed by atoms with Crippen molar-refractivity contribution in [2.45, 2.75) is 20.4 Å². The van der Waals surface area contributed by atoms with Crippen LogP contribution in [0.1, 0.15) is 22.0 Å². The number of nitrogens with zero attached hydrogens (tertiary/aromatic N) is 3. The van der Waals surface area contributed by atoms with Crippen LogP contribution >= 0.6 is 23.6 Å². The molecule has 0 unspecified atom stereocenters. The Hall–Kier alpha value is -1.47. The predicted molar refractivity (Wildman–Crippen MR) is 78.0 cm³/mol. The summed E-state index contributed by atoms with van der Waals surface area (Å²) in [7, 11) is 1.87. The second kappa shape index (κ2) is 5.03. The van der Waals surface area contributed by atoms with Crippen LogP contribution in [0.4, 0.5) is 5.82 Å². The zero-order valence-electron chi connectivity index (χ0n) is 10.5. The number of anilines is 1. The van der Waals surface area contributed by atoms with Crippen LogP contribution in [0, 0.1) is 13.8 Å². The van der Waals surface area contributed by atoms with Crippen molar-refractivity contribution in [2.75, 3.05) is 5.32 Å². The van der Waals surface area contributed by atoms with Gasteiger partial charge in [0.25, 0.3) is 0 Å². The van der Waals surface area contributed by atoms with Crippen molar-refractivity contribution in [1.29, 1.82) is 0 Å². The van der Waals surface area contributed by atoms with Crippen LogP contribution in [0.3, 0.4) is 0 Å². The summed E-state index contributed by atoms with van der Waals surface area (Å²) in [5, 5.41) is 10.7. The third-order valence-corrected chi connectivity index (χ3v) is 3.71. The molecule has 2 aromatic heterocycles. The van der Waals surface area contributed by atoms with Crippen LogP contribution in [0.2, 0.25) is 0 Å². The molecular weight excluding hydrogens is 266 g/mol. The third-order valence-electron chi connectivity index (χ3n) is 2.54. The highest BCUT2D eigenvalue weighted by atomic mass is 32.1. The zero-order valence-corrected chi connectivity index (χ0v) is 12.2. The fourth-order valence-corrected chi connectivity index (χ4v) is 2.76. The Morgan fingerprint density at radius 1 is 1.56 bits per heavy atom. The Morgan fingerprint density at radius 3 is 2.83 bits per heavy atom. The minimum absolute atomic E-state index is 0.360. The first-order chi connectivity index (χ1) is 8.49. The summed E-state index contributed by atoms with van der Waals surface area (Å²) in [6.07, 6.45) is 0. The summed E-state index contributed by atoms with van der Waals surface area (Å²) < 4.78 is 1.75. The lowest BCUT2D eigenvalue weighted by molar-refractivity contribution is 0.757. The molecule has 0 saturated carbocycles. The molecule has 0 aliphatic carbocycles. The van der Waals surface area contributed by atoms with Crippen molar-refractivity contribution in [2.24, 2.45) is 12.8 Å². The SMILES string of the molecule is Cc1csc(CNc2c(C(N)=S)c(C)nn2C)n1. The molecule has 0 aliphatic heterocycles. The summed E-state index contributed by atoms with van der Waals surface area (Å²) >= 11 is 6.69. The number of aryl methyl sites for hydroxylation is 3. The highest BCUT2D eigenvalue weighted by Gasteiger charge is 2.15. The summed E-state index contributed by atoms with van der Waals surface area (Å²) in [5.74, 6) is 0.841. The normalized spacial score (nSPS) is 10.6. The predicted octanol–water partition coefficient (Wildman–Crippen LogP) is 1.74. The van der Waals surface area contributed by atoms with Gasteiger partial charge in [-0.05, 0) is 13.8 Å². The van der Waals surface area contributed by atoms with Crippen molar-refractivity contribution in [3.8, 4) is 0 Å². The number of thiocarbonyl (C=S) groups is 1. The van der Waals surface area contributed by atoms with Crippen LogP contribution in [0.25, 0.3) is 0 Å². The van der Waals surface area contributed by atoms with E-state index < -0.39 is 0 Å². The number of nitrogens with two attached hydrogens (primary N) is 1. The summed E-state index contributed by atoms with van der Waals surface area (Å²) in [4.78, 5) is 4.76. The summed E-state index contributed by atoms with van der Waals surface area (Å²) in [5.41, 5.74) is 8.40. The third kappa shape index (κ3) is 2.51. The first kappa shape index (κ1) is 13.0. The molecule has 0 atom stereocenters. The topological polar surface area (TPSA) is 68.8 Å². The molecule has 0 radical (unpaired) electrons. The van der Waals surface area contributed by atoms with Crippen molar-refractivity contribution in [3.05, 3.63) is 27.3 Å². The number of aromatic nitrogens is 3. The van der Waals surface area contributed by atoms with E-state index in [-0.39, 0.29) is 0 Å². The maximum Gasteiger partial charge on any atom is 0.134 e. The smallest absolute Gasteiger partial charge is 0.134 e. The van der Waals surface area contributed by atoms with Gasteiger partial charge in [-0.25, -0.2) is 4.98 Å². The lowest BCUT2D eigenvalue weighted by Crippen LogP contribution is -2.14. The van der Waals surface area contributed by atoms with E-state index in [1.165, 1.54) is 0 Å². The number of rotatable bonds is 4. The maximum absolute atomic E-state index is 5.73. The zero-order chi connectivity index (χ0) is 13.3. The van der Waals surface area contributed by atoms with Crippen molar-refractivity contribution in [3.63, 3.8) is 0 Å². The highest BCUT2D eigenvalue weighted by Crippen LogP contribution is 2.20. The van der Waals surface area contributed by atoms with Crippen LogP contribution in [-0.4, -0.2) is 19.8 Å². The van der Waals surface area contributed by atoms with E-state index in [4.69, 9.17) is 18.0 Å². The van der Waals surface area contributed by atoms with Crippen LogP contribution in [0.5, 0.6) is 0 Å². The molecule has 0 aromatic carbocycles. The molecule has 2 heterocycles. The Labute approximate surface area is 115 Å². The molecule has 0 saturated heterocycles. The summed E-state index contributed by atoms with van der Waals surface area (Å²) in [6.45, 7) is 4.52. The number of thiazole rings is 1. The van der Waals surface area contributed by atoms with Gasteiger partial charge in [0.1, 0.15) is 15.8 Å². The van der Waals surface area contributed by atoms with E-state index in [0.29, 0.717) is 11.5 Å². The summed E-state index contributed by atoms with van der Waals surface area (Å²) in [6, 6.07) is 0. The molecule has 0 aliphatic rings. The van der Waals surface area contributed by atoms with Gasteiger partial charge < -0.3 is 11.1 Å². The maximum atomic E-state index is 5.73. The van der Waals surface area contributed by atoms with E-state index in [1.807, 2.05) is 26.3 Å². The molecular formula is C11H15N5S2. The van der Waals surface area contributed by atoms with Gasteiger partial charge in [0, 0.05) is 18.1 Å². The minimum atomic E-state index is 0.360. The van der Waals surface area contributed by atoms with E-state index in [0.717, 1.165) is 27.8 Å². The van der Waals surface area contributed by atoms with Gasteiger partial charge >= 0.3 is 0 Å². The average Bonchev–Trinajstić information content (AvgIpc) is 2.79. The standard InChI is InChI=1S/C11H15N5S2/c1-6-5-18-8(14-6)4-13-11-9(10(12)17)7(2)15-16(11)3/h5,13H,4H2,1-3H3,(H2,12,17). The largest absolute Gasteiger partial charge is 0.389 e. The van der Waals surface area contributed by atoms with Gasteiger partial charge in [-0.2, -0.15) is 5.10 Å². The molecule has 0 amide bonds. The molecule has 2 rings (SSSR count). The first-order valence-electron chi connectivity index (χ1n) is 5.47. The van der Waals surface area contributed by atoms with Crippen molar-refractivity contribution < 1.29 is 0 Å². The quantitative estimate of drug-likeness (QED) is 0.836. The van der Waals surface area contributed by atoms with Crippen LogP contribution in [-0.2, 0) is 13.6 Å². The van der Waals surface area contributed by atoms with Gasteiger partial charge in [0.15, 0.2) is 0 Å². The van der Waals surface area contributed by atoms with Crippen LogP contribution in [0.15, 0.2) is 5.38 Å². The molecule has 0 fully saturated rings. The minimum Gasteiger partial charge on any atom is -0.389 e. The fraction of sp³-hybridized carbons (Fsp3) is 0.364. The number of hydrogen-bond acceptors (Lipinski definition) is 5. The Morgan fingerprint density at radius 2 is 2.28 bits per heavy atom. The molecule has 96 valence electrons. The van der Waals surface area contributed by atoms with E-state index in [2.05, 4.69) is 15.4 Å². The van der Waals surface area contributed by atoms with Gasteiger partial charge in [0.2, 0.25) is 0 Å². The second-order valence-corrected chi connectivity index (χ2v) is 5.42.